The van der Waals surface area contributed by atoms with Crippen molar-refractivity contribution < 1.29 is 14.4 Å². The summed E-state index contributed by atoms with van der Waals surface area (Å²) in [6, 6.07) is 8.41. The van der Waals surface area contributed by atoms with Crippen molar-refractivity contribution in [3.8, 4) is 0 Å². The Morgan fingerprint density at radius 3 is 2.35 bits per heavy atom. The topological polar surface area (TPSA) is 75.3 Å². The molecule has 0 unspecified atom stereocenters. The van der Waals surface area contributed by atoms with E-state index in [-0.39, 0.29) is 12.0 Å². The summed E-state index contributed by atoms with van der Waals surface area (Å²) < 4.78 is 0. The van der Waals surface area contributed by atoms with E-state index in [4.69, 9.17) is 0 Å². The first kappa shape index (κ1) is 12.7. The van der Waals surface area contributed by atoms with Crippen LogP contribution in [0.15, 0.2) is 35.9 Å². The number of rotatable bonds is 3. The Hall–Kier alpha value is -2.39. The number of benzene rings is 1. The zero-order valence-electron chi connectivity index (χ0n) is 9.32. The molecule has 2 amide bonds. The van der Waals surface area contributed by atoms with Gasteiger partial charge in [-0.05, 0) is 18.6 Å². The van der Waals surface area contributed by atoms with Crippen LogP contribution < -0.4 is 10.9 Å². The van der Waals surface area contributed by atoms with Gasteiger partial charge >= 0.3 is 0 Å². The van der Waals surface area contributed by atoms with Gasteiger partial charge in [0, 0.05) is 5.56 Å². The molecule has 1 rings (SSSR count). The molecule has 0 aliphatic heterocycles. The third kappa shape index (κ3) is 3.59. The predicted octanol–water partition coefficient (Wildman–Crippen LogP) is 0.616. The Bertz CT molecular complexity index is 462. The molecule has 0 saturated heterocycles. The molecule has 5 heteroatoms. The summed E-state index contributed by atoms with van der Waals surface area (Å²) >= 11 is 0. The first-order valence-electron chi connectivity index (χ1n) is 5.08. The SMILES string of the molecule is CCC(=C=O)C(=O)NNC(=O)c1ccccc1. The molecule has 0 aliphatic rings. The van der Waals surface area contributed by atoms with Gasteiger partial charge < -0.3 is 0 Å². The number of hydrogen-bond acceptors (Lipinski definition) is 3. The second-order valence-corrected chi connectivity index (χ2v) is 3.21. The zero-order valence-corrected chi connectivity index (χ0v) is 9.32. The summed E-state index contributed by atoms with van der Waals surface area (Å²) in [5.74, 6) is 0.428. The van der Waals surface area contributed by atoms with E-state index in [1.54, 1.807) is 37.3 Å². The highest BCUT2D eigenvalue weighted by Gasteiger charge is 2.10. The lowest BCUT2D eigenvalue weighted by Gasteiger charge is -2.06. The minimum atomic E-state index is -0.646. The minimum Gasteiger partial charge on any atom is -0.267 e. The Kier molecular flexibility index (Phi) is 4.66. The van der Waals surface area contributed by atoms with Crippen molar-refractivity contribution in [3.63, 3.8) is 0 Å². The van der Waals surface area contributed by atoms with Crippen molar-refractivity contribution in [3.05, 3.63) is 41.5 Å². The molecule has 0 bridgehead atoms. The number of carbonyl (C=O) groups excluding carboxylic acids is 3. The molecule has 0 fully saturated rings. The Morgan fingerprint density at radius 1 is 1.18 bits per heavy atom. The molecular formula is C12H12N2O3. The van der Waals surface area contributed by atoms with Crippen molar-refractivity contribution in [1.29, 1.82) is 0 Å². The van der Waals surface area contributed by atoms with Gasteiger partial charge in [-0.25, -0.2) is 4.79 Å². The fourth-order valence-electron chi connectivity index (χ4n) is 1.13. The lowest BCUT2D eigenvalue weighted by molar-refractivity contribution is -0.118. The van der Waals surface area contributed by atoms with E-state index in [1.807, 2.05) is 0 Å². The molecule has 2 N–H and O–H groups in total. The van der Waals surface area contributed by atoms with Crippen molar-refractivity contribution in [2.24, 2.45) is 0 Å². The van der Waals surface area contributed by atoms with E-state index in [0.717, 1.165) is 0 Å². The maximum Gasteiger partial charge on any atom is 0.276 e. The maximum atomic E-state index is 11.5. The summed E-state index contributed by atoms with van der Waals surface area (Å²) in [6.45, 7) is 1.65. The third-order valence-electron chi connectivity index (χ3n) is 2.08. The molecule has 88 valence electrons. The van der Waals surface area contributed by atoms with Gasteiger partial charge in [-0.2, -0.15) is 0 Å². The van der Waals surface area contributed by atoms with Crippen molar-refractivity contribution in [1.82, 2.24) is 10.9 Å². The van der Waals surface area contributed by atoms with Gasteiger partial charge in [0.25, 0.3) is 11.8 Å². The summed E-state index contributed by atoms with van der Waals surface area (Å²) in [6.07, 6.45) is 0.260. The van der Waals surface area contributed by atoms with E-state index in [9.17, 15) is 14.4 Å². The summed E-state index contributed by atoms with van der Waals surface area (Å²) in [5, 5.41) is 0. The van der Waals surface area contributed by atoms with Crippen LogP contribution in [0.3, 0.4) is 0 Å². The highest BCUT2D eigenvalue weighted by Crippen LogP contribution is 1.97. The van der Waals surface area contributed by atoms with Crippen LogP contribution in [0.5, 0.6) is 0 Å². The lowest BCUT2D eigenvalue weighted by atomic mass is 10.2. The molecule has 0 heterocycles. The second-order valence-electron chi connectivity index (χ2n) is 3.21. The highest BCUT2D eigenvalue weighted by molar-refractivity contribution is 6.02. The number of carbonyl (C=O) groups is 2. The normalized spacial score (nSPS) is 9.00. The molecule has 0 radical (unpaired) electrons. The van der Waals surface area contributed by atoms with Crippen LogP contribution in [0, 0.1) is 0 Å². The van der Waals surface area contributed by atoms with Crippen molar-refractivity contribution in [2.75, 3.05) is 0 Å². The van der Waals surface area contributed by atoms with Gasteiger partial charge in [0.15, 0.2) is 0 Å². The fraction of sp³-hybridized carbons (Fsp3) is 0.167. The highest BCUT2D eigenvalue weighted by atomic mass is 16.2. The molecule has 0 aliphatic carbocycles. The molecule has 5 nitrogen and oxygen atoms in total. The van der Waals surface area contributed by atoms with Crippen molar-refractivity contribution in [2.45, 2.75) is 13.3 Å². The van der Waals surface area contributed by atoms with E-state index in [0.29, 0.717) is 5.56 Å². The number of nitrogens with one attached hydrogen (secondary N) is 2. The number of hydrogen-bond donors (Lipinski definition) is 2. The van der Waals surface area contributed by atoms with Crippen molar-refractivity contribution >= 4 is 17.8 Å². The van der Waals surface area contributed by atoms with Crippen LogP contribution >= 0.6 is 0 Å². The first-order chi connectivity index (χ1) is 8.19. The Balaban J connectivity index is 2.55. The molecule has 0 saturated carbocycles. The van der Waals surface area contributed by atoms with Crippen LogP contribution in [0.1, 0.15) is 23.7 Å². The van der Waals surface area contributed by atoms with E-state index >= 15 is 0 Å². The van der Waals surface area contributed by atoms with E-state index < -0.39 is 11.8 Å². The summed E-state index contributed by atoms with van der Waals surface area (Å²) in [5.41, 5.74) is 4.73. The van der Waals surface area contributed by atoms with Gasteiger partial charge in [0.1, 0.15) is 11.5 Å². The standard InChI is InChI=1S/C12H12N2O3/c1-2-9(8-15)11(16)13-14-12(17)10-6-4-3-5-7-10/h3-7H,2H2,1H3,(H,13,16)(H,14,17). The maximum absolute atomic E-state index is 11.5. The van der Waals surface area contributed by atoms with E-state index in [2.05, 4.69) is 10.9 Å². The van der Waals surface area contributed by atoms with Crippen LogP contribution in [0.4, 0.5) is 0 Å². The zero-order chi connectivity index (χ0) is 12.7. The molecule has 0 atom stereocenters. The Morgan fingerprint density at radius 2 is 1.82 bits per heavy atom. The quantitative estimate of drug-likeness (QED) is 0.455. The van der Waals surface area contributed by atoms with Gasteiger partial charge in [0.2, 0.25) is 0 Å². The Labute approximate surface area is 98.5 Å². The molecule has 17 heavy (non-hydrogen) atoms. The average molecular weight is 232 g/mol. The largest absolute Gasteiger partial charge is 0.276 e. The van der Waals surface area contributed by atoms with Gasteiger partial charge in [0.05, 0.1) is 0 Å². The smallest absolute Gasteiger partial charge is 0.267 e. The molecule has 0 spiro atoms. The molecule has 0 aromatic heterocycles. The summed E-state index contributed by atoms with van der Waals surface area (Å²) in [7, 11) is 0. The predicted molar refractivity (Wildman–Crippen MR) is 61.5 cm³/mol. The number of amides is 2. The van der Waals surface area contributed by atoms with Crippen LogP contribution in [-0.2, 0) is 9.59 Å². The van der Waals surface area contributed by atoms with Crippen LogP contribution in [-0.4, -0.2) is 17.8 Å². The first-order valence-corrected chi connectivity index (χ1v) is 5.08. The third-order valence-corrected chi connectivity index (χ3v) is 2.08. The van der Waals surface area contributed by atoms with Crippen LogP contribution in [0.2, 0.25) is 0 Å². The average Bonchev–Trinajstić information content (AvgIpc) is 2.38. The van der Waals surface area contributed by atoms with Crippen LogP contribution in [0.25, 0.3) is 0 Å². The van der Waals surface area contributed by atoms with Gasteiger partial charge in [-0.15, -0.1) is 0 Å². The van der Waals surface area contributed by atoms with Gasteiger partial charge in [-0.1, -0.05) is 25.1 Å². The van der Waals surface area contributed by atoms with E-state index in [1.165, 1.54) is 5.94 Å². The minimum absolute atomic E-state index is 0.0432. The molecular weight excluding hydrogens is 220 g/mol. The summed E-state index contributed by atoms with van der Waals surface area (Å²) in [4.78, 5) is 33.2. The monoisotopic (exact) mass is 232 g/mol. The molecule has 1 aromatic carbocycles. The fourth-order valence-corrected chi connectivity index (χ4v) is 1.13. The van der Waals surface area contributed by atoms with Gasteiger partial charge in [-0.3, -0.25) is 20.4 Å². The lowest BCUT2D eigenvalue weighted by Crippen LogP contribution is -2.42. The molecule has 1 aromatic rings. The second kappa shape index (κ2) is 6.25. The number of hydrazine groups is 1.